The SMILES string of the molecule is O=C(Cc1ccc(-c2ccc3ccccc3n2)cc1)Cc1cc(Cl)ccc1C(=O)O. The van der Waals surface area contributed by atoms with Gasteiger partial charge in [-0.15, -0.1) is 0 Å². The molecule has 1 aromatic heterocycles. The van der Waals surface area contributed by atoms with Crippen LogP contribution in [0.3, 0.4) is 0 Å². The van der Waals surface area contributed by atoms with Crippen LogP contribution in [0.2, 0.25) is 5.02 Å². The van der Waals surface area contributed by atoms with Crippen molar-refractivity contribution in [3.8, 4) is 11.3 Å². The Bertz CT molecular complexity index is 1250. The number of aromatic carboxylic acids is 1. The molecule has 0 aliphatic carbocycles. The van der Waals surface area contributed by atoms with Crippen molar-refractivity contribution in [2.45, 2.75) is 12.8 Å². The molecule has 0 spiro atoms. The molecule has 0 fully saturated rings. The summed E-state index contributed by atoms with van der Waals surface area (Å²) in [6.45, 7) is 0. The van der Waals surface area contributed by atoms with Crippen molar-refractivity contribution in [1.82, 2.24) is 4.98 Å². The zero-order valence-corrected chi connectivity index (χ0v) is 16.8. The van der Waals surface area contributed by atoms with Gasteiger partial charge in [0.1, 0.15) is 5.78 Å². The van der Waals surface area contributed by atoms with Gasteiger partial charge in [-0.3, -0.25) is 4.79 Å². The van der Waals surface area contributed by atoms with Crippen LogP contribution < -0.4 is 0 Å². The number of fused-ring (bicyclic) bond motifs is 1. The number of pyridine rings is 1. The molecule has 148 valence electrons. The lowest BCUT2D eigenvalue weighted by atomic mass is 9.98. The van der Waals surface area contributed by atoms with Gasteiger partial charge in [0.25, 0.3) is 0 Å². The maximum absolute atomic E-state index is 12.5. The molecule has 1 heterocycles. The molecule has 5 heteroatoms. The van der Waals surface area contributed by atoms with Gasteiger partial charge in [0.2, 0.25) is 0 Å². The first-order chi connectivity index (χ1) is 14.5. The Kier molecular flexibility index (Phi) is 5.59. The van der Waals surface area contributed by atoms with Gasteiger partial charge in [0.15, 0.2) is 0 Å². The maximum atomic E-state index is 12.5. The number of halogens is 1. The van der Waals surface area contributed by atoms with Crippen LogP contribution in [0.25, 0.3) is 22.2 Å². The smallest absolute Gasteiger partial charge is 0.335 e. The molecule has 4 rings (SSSR count). The number of para-hydroxylation sites is 1. The summed E-state index contributed by atoms with van der Waals surface area (Å²) in [5, 5.41) is 10.8. The van der Waals surface area contributed by atoms with E-state index in [0.717, 1.165) is 27.7 Å². The molecule has 0 radical (unpaired) electrons. The third-order valence-corrected chi connectivity index (χ3v) is 5.17. The fraction of sp³-hybridized carbons (Fsp3) is 0.0800. The van der Waals surface area contributed by atoms with E-state index in [1.807, 2.05) is 60.7 Å². The van der Waals surface area contributed by atoms with Crippen LogP contribution in [-0.4, -0.2) is 21.8 Å². The lowest BCUT2D eigenvalue weighted by molar-refractivity contribution is -0.117. The molecule has 4 nitrogen and oxygen atoms in total. The molecule has 0 aliphatic rings. The van der Waals surface area contributed by atoms with E-state index in [1.165, 1.54) is 18.2 Å². The average molecular weight is 416 g/mol. The summed E-state index contributed by atoms with van der Waals surface area (Å²) in [5.41, 5.74) is 4.17. The minimum absolute atomic E-state index is 0.0240. The number of hydrogen-bond acceptors (Lipinski definition) is 3. The highest BCUT2D eigenvalue weighted by atomic mass is 35.5. The van der Waals surface area contributed by atoms with E-state index < -0.39 is 5.97 Å². The highest BCUT2D eigenvalue weighted by Crippen LogP contribution is 2.22. The zero-order chi connectivity index (χ0) is 21.1. The van der Waals surface area contributed by atoms with Gasteiger partial charge < -0.3 is 5.11 Å². The second kappa shape index (κ2) is 8.47. The van der Waals surface area contributed by atoms with E-state index >= 15 is 0 Å². The Morgan fingerprint density at radius 2 is 1.63 bits per heavy atom. The quantitative estimate of drug-likeness (QED) is 0.444. The number of carbonyl (C=O) groups excluding carboxylic acids is 1. The number of nitrogens with zero attached hydrogens (tertiary/aromatic N) is 1. The van der Waals surface area contributed by atoms with Gasteiger partial charge in [-0.25, -0.2) is 9.78 Å². The molecule has 0 saturated heterocycles. The number of hydrogen-bond donors (Lipinski definition) is 1. The fourth-order valence-electron chi connectivity index (χ4n) is 3.44. The maximum Gasteiger partial charge on any atom is 0.335 e. The predicted octanol–water partition coefficient (Wildman–Crippen LogP) is 5.61. The number of rotatable bonds is 6. The monoisotopic (exact) mass is 415 g/mol. The third-order valence-electron chi connectivity index (χ3n) is 4.93. The van der Waals surface area contributed by atoms with Crippen molar-refractivity contribution >= 4 is 34.3 Å². The minimum Gasteiger partial charge on any atom is -0.478 e. The minimum atomic E-state index is -1.07. The first kappa shape index (κ1) is 19.8. The topological polar surface area (TPSA) is 67.3 Å². The lowest BCUT2D eigenvalue weighted by Crippen LogP contribution is -2.11. The predicted molar refractivity (Wildman–Crippen MR) is 118 cm³/mol. The Morgan fingerprint density at radius 3 is 2.40 bits per heavy atom. The number of carboxylic acids is 1. The van der Waals surface area contributed by atoms with Gasteiger partial charge in [-0.1, -0.05) is 60.1 Å². The normalized spacial score (nSPS) is 10.8. The Balaban J connectivity index is 1.49. The number of Topliss-reactive ketones (excluding diaryl/α,β-unsaturated/α-hetero) is 1. The zero-order valence-electron chi connectivity index (χ0n) is 16.0. The number of aromatic nitrogens is 1. The van der Waals surface area contributed by atoms with Crippen LogP contribution >= 0.6 is 11.6 Å². The van der Waals surface area contributed by atoms with Crippen molar-refractivity contribution in [2.75, 3.05) is 0 Å². The van der Waals surface area contributed by atoms with E-state index in [2.05, 4.69) is 0 Å². The van der Waals surface area contributed by atoms with Crippen molar-refractivity contribution in [3.63, 3.8) is 0 Å². The molecular weight excluding hydrogens is 398 g/mol. The van der Waals surface area contributed by atoms with Crippen molar-refractivity contribution in [3.05, 3.63) is 101 Å². The van der Waals surface area contributed by atoms with Gasteiger partial charge in [-0.2, -0.15) is 0 Å². The Morgan fingerprint density at radius 1 is 0.867 bits per heavy atom. The van der Waals surface area contributed by atoms with Crippen molar-refractivity contribution < 1.29 is 14.7 Å². The standard InChI is InChI=1S/C25H18ClNO3/c26-20-10-11-22(25(29)30)19(14-20)15-21(28)13-16-5-7-18(8-6-16)24-12-9-17-3-1-2-4-23(17)27-24/h1-12,14H,13,15H2,(H,29,30). The summed E-state index contributed by atoms with van der Waals surface area (Å²) in [4.78, 5) is 28.6. The summed E-state index contributed by atoms with van der Waals surface area (Å²) in [5.74, 6) is -1.14. The van der Waals surface area contributed by atoms with Crippen LogP contribution in [0.15, 0.2) is 78.9 Å². The number of ketones is 1. The van der Waals surface area contributed by atoms with Crippen molar-refractivity contribution in [2.24, 2.45) is 0 Å². The molecule has 4 aromatic rings. The van der Waals surface area contributed by atoms with E-state index in [9.17, 15) is 14.7 Å². The molecule has 0 saturated carbocycles. The largest absolute Gasteiger partial charge is 0.478 e. The van der Waals surface area contributed by atoms with Gasteiger partial charge in [0, 0.05) is 28.8 Å². The first-order valence-corrected chi connectivity index (χ1v) is 9.86. The average Bonchev–Trinajstić information content (AvgIpc) is 2.73. The molecule has 3 aromatic carbocycles. The van der Waals surface area contributed by atoms with Crippen LogP contribution in [0.4, 0.5) is 0 Å². The van der Waals surface area contributed by atoms with E-state index in [4.69, 9.17) is 16.6 Å². The number of carbonyl (C=O) groups is 2. The first-order valence-electron chi connectivity index (χ1n) is 9.48. The van der Waals surface area contributed by atoms with Crippen molar-refractivity contribution in [1.29, 1.82) is 0 Å². The molecular formula is C25H18ClNO3. The van der Waals surface area contributed by atoms with Crippen LogP contribution in [0, 0.1) is 0 Å². The van der Waals surface area contributed by atoms with E-state index in [1.54, 1.807) is 0 Å². The molecule has 30 heavy (non-hydrogen) atoms. The van der Waals surface area contributed by atoms with Gasteiger partial charge in [-0.05, 0) is 41.5 Å². The Labute approximate surface area is 178 Å². The summed E-state index contributed by atoms with van der Waals surface area (Å²) in [6, 6.07) is 24.2. The second-order valence-electron chi connectivity index (χ2n) is 7.08. The summed E-state index contributed by atoms with van der Waals surface area (Å²) < 4.78 is 0. The summed E-state index contributed by atoms with van der Waals surface area (Å²) in [7, 11) is 0. The fourth-order valence-corrected chi connectivity index (χ4v) is 3.63. The highest BCUT2D eigenvalue weighted by Gasteiger charge is 2.14. The third kappa shape index (κ3) is 4.39. The van der Waals surface area contributed by atoms with Gasteiger partial charge in [0.05, 0.1) is 16.8 Å². The molecule has 0 unspecified atom stereocenters. The summed E-state index contributed by atoms with van der Waals surface area (Å²) in [6.07, 6.45) is 0.243. The molecule has 0 bridgehead atoms. The molecule has 0 amide bonds. The van der Waals surface area contributed by atoms with E-state index in [0.29, 0.717) is 10.6 Å². The second-order valence-corrected chi connectivity index (χ2v) is 7.52. The summed E-state index contributed by atoms with van der Waals surface area (Å²) >= 11 is 5.97. The van der Waals surface area contributed by atoms with Crippen LogP contribution in [0.1, 0.15) is 21.5 Å². The van der Waals surface area contributed by atoms with E-state index in [-0.39, 0.29) is 24.2 Å². The lowest BCUT2D eigenvalue weighted by Gasteiger charge is -2.08. The van der Waals surface area contributed by atoms with Crippen LogP contribution in [-0.2, 0) is 17.6 Å². The molecule has 0 atom stereocenters. The Hall–Kier alpha value is -3.50. The van der Waals surface area contributed by atoms with Gasteiger partial charge >= 0.3 is 5.97 Å². The number of carboxylic acid groups (broad SMARTS) is 1. The van der Waals surface area contributed by atoms with Crippen LogP contribution in [0.5, 0.6) is 0 Å². The molecule has 0 aliphatic heterocycles. The molecule has 1 N–H and O–H groups in total. The highest BCUT2D eigenvalue weighted by molar-refractivity contribution is 6.30. The number of benzene rings is 3.